The molecule has 1 fully saturated rings. The van der Waals surface area contributed by atoms with Crippen LogP contribution in [0.15, 0.2) is 0 Å². The number of carboxylic acids is 1. The third-order valence-electron chi connectivity index (χ3n) is 2.11. The van der Waals surface area contributed by atoms with Gasteiger partial charge >= 0.3 is 5.97 Å². The van der Waals surface area contributed by atoms with Gasteiger partial charge in [-0.2, -0.15) is 0 Å². The van der Waals surface area contributed by atoms with Crippen molar-refractivity contribution in [2.24, 2.45) is 5.92 Å². The second kappa shape index (κ2) is 2.55. The summed E-state index contributed by atoms with van der Waals surface area (Å²) in [5.74, 6) is 0.891. The van der Waals surface area contributed by atoms with E-state index in [0.717, 1.165) is 0 Å². The summed E-state index contributed by atoms with van der Waals surface area (Å²) in [6.07, 6.45) is 6.12. The minimum Gasteiger partial charge on any atom is -0.481 e. The zero-order valence-corrected chi connectivity index (χ0v) is 6.08. The topological polar surface area (TPSA) is 57.5 Å². The van der Waals surface area contributed by atoms with Crippen LogP contribution in [0.2, 0.25) is 0 Å². The van der Waals surface area contributed by atoms with Crippen molar-refractivity contribution in [2.45, 2.75) is 24.9 Å². The molecule has 1 aliphatic carbocycles. The summed E-state index contributed by atoms with van der Waals surface area (Å²) in [7, 11) is 0. The molecule has 2 atom stereocenters. The normalized spacial score (nSPS) is 36.5. The summed E-state index contributed by atoms with van der Waals surface area (Å²) in [5.41, 5.74) is -1.16. The van der Waals surface area contributed by atoms with E-state index in [0.29, 0.717) is 12.8 Å². The SMILES string of the molecule is C#C[C@]1(O)CC[C@H](C(=O)O)C1. The molecule has 0 radical (unpaired) electrons. The molecular weight excluding hydrogens is 144 g/mol. The van der Waals surface area contributed by atoms with Gasteiger partial charge in [0, 0.05) is 6.42 Å². The van der Waals surface area contributed by atoms with E-state index in [1.165, 1.54) is 0 Å². The van der Waals surface area contributed by atoms with Crippen LogP contribution in [-0.2, 0) is 4.79 Å². The van der Waals surface area contributed by atoms with Crippen LogP contribution in [0.25, 0.3) is 0 Å². The Morgan fingerprint density at radius 2 is 2.36 bits per heavy atom. The number of hydrogen-bond donors (Lipinski definition) is 2. The van der Waals surface area contributed by atoms with Gasteiger partial charge in [0.15, 0.2) is 0 Å². The second-order valence-electron chi connectivity index (χ2n) is 2.95. The van der Waals surface area contributed by atoms with E-state index < -0.39 is 17.5 Å². The quantitative estimate of drug-likeness (QED) is 0.532. The standard InChI is InChI=1S/C8H10O3/c1-2-8(11)4-3-6(5-8)7(9)10/h1,6,11H,3-5H2,(H,9,10)/t6-,8-/m0/s1. The predicted octanol–water partition coefficient (Wildman–Crippen LogP) is 0.235. The molecule has 0 saturated heterocycles. The van der Waals surface area contributed by atoms with Crippen molar-refractivity contribution < 1.29 is 15.0 Å². The average molecular weight is 154 g/mol. The Labute approximate surface area is 65.0 Å². The van der Waals surface area contributed by atoms with Crippen molar-refractivity contribution in [1.82, 2.24) is 0 Å². The molecule has 0 spiro atoms. The third-order valence-corrected chi connectivity index (χ3v) is 2.11. The molecule has 2 N–H and O–H groups in total. The van der Waals surface area contributed by atoms with Crippen LogP contribution < -0.4 is 0 Å². The molecule has 0 aromatic rings. The molecule has 0 aliphatic heterocycles. The van der Waals surface area contributed by atoms with Crippen LogP contribution >= 0.6 is 0 Å². The Morgan fingerprint density at radius 1 is 1.73 bits per heavy atom. The Bertz CT molecular complexity index is 216. The molecule has 0 unspecified atom stereocenters. The van der Waals surface area contributed by atoms with Gasteiger partial charge in [0.05, 0.1) is 5.92 Å². The van der Waals surface area contributed by atoms with Crippen molar-refractivity contribution in [3.05, 3.63) is 0 Å². The molecule has 0 aromatic heterocycles. The van der Waals surface area contributed by atoms with E-state index in [2.05, 4.69) is 5.92 Å². The second-order valence-corrected chi connectivity index (χ2v) is 2.95. The molecule has 60 valence electrons. The highest BCUT2D eigenvalue weighted by Crippen LogP contribution is 2.33. The first kappa shape index (κ1) is 8.09. The van der Waals surface area contributed by atoms with Gasteiger partial charge in [-0.3, -0.25) is 4.79 Å². The van der Waals surface area contributed by atoms with Crippen LogP contribution in [0.1, 0.15) is 19.3 Å². The molecule has 1 rings (SSSR count). The van der Waals surface area contributed by atoms with Crippen molar-refractivity contribution in [2.75, 3.05) is 0 Å². The highest BCUT2D eigenvalue weighted by Gasteiger charge is 2.38. The predicted molar refractivity (Wildman–Crippen MR) is 38.8 cm³/mol. The maximum Gasteiger partial charge on any atom is 0.306 e. The minimum absolute atomic E-state index is 0.193. The van der Waals surface area contributed by atoms with Crippen LogP contribution in [0.3, 0.4) is 0 Å². The monoisotopic (exact) mass is 154 g/mol. The van der Waals surface area contributed by atoms with Gasteiger partial charge < -0.3 is 10.2 Å². The first-order chi connectivity index (χ1) is 5.07. The van der Waals surface area contributed by atoms with E-state index >= 15 is 0 Å². The molecule has 3 heteroatoms. The van der Waals surface area contributed by atoms with Gasteiger partial charge in [-0.15, -0.1) is 6.42 Å². The Kier molecular flexibility index (Phi) is 1.88. The summed E-state index contributed by atoms with van der Waals surface area (Å²) in [6, 6.07) is 0. The number of hydrogen-bond acceptors (Lipinski definition) is 2. The number of carboxylic acid groups (broad SMARTS) is 1. The first-order valence-electron chi connectivity index (χ1n) is 3.50. The Balaban J connectivity index is 2.62. The molecule has 3 nitrogen and oxygen atoms in total. The summed E-state index contributed by atoms with van der Waals surface area (Å²) >= 11 is 0. The Hall–Kier alpha value is -1.01. The lowest BCUT2D eigenvalue weighted by Gasteiger charge is -2.12. The van der Waals surface area contributed by atoms with Crippen molar-refractivity contribution >= 4 is 5.97 Å². The smallest absolute Gasteiger partial charge is 0.306 e. The molecule has 0 heterocycles. The van der Waals surface area contributed by atoms with E-state index in [1.54, 1.807) is 0 Å². The summed E-state index contributed by atoms with van der Waals surface area (Å²) < 4.78 is 0. The summed E-state index contributed by atoms with van der Waals surface area (Å²) in [4.78, 5) is 10.4. The van der Waals surface area contributed by atoms with Crippen LogP contribution in [0.4, 0.5) is 0 Å². The number of aliphatic carboxylic acids is 1. The largest absolute Gasteiger partial charge is 0.481 e. The average Bonchev–Trinajstić information content (AvgIpc) is 2.33. The maximum atomic E-state index is 10.4. The van der Waals surface area contributed by atoms with Crippen LogP contribution in [0.5, 0.6) is 0 Å². The molecule has 0 bridgehead atoms. The van der Waals surface area contributed by atoms with E-state index in [9.17, 15) is 9.90 Å². The fraction of sp³-hybridized carbons (Fsp3) is 0.625. The fourth-order valence-electron chi connectivity index (χ4n) is 1.37. The van der Waals surface area contributed by atoms with E-state index in [-0.39, 0.29) is 6.42 Å². The molecule has 0 amide bonds. The lowest BCUT2D eigenvalue weighted by Crippen LogP contribution is -2.23. The van der Waals surface area contributed by atoms with Crippen LogP contribution in [0, 0.1) is 18.3 Å². The lowest BCUT2D eigenvalue weighted by atomic mass is 10.0. The van der Waals surface area contributed by atoms with E-state index in [4.69, 9.17) is 11.5 Å². The molecule has 1 saturated carbocycles. The van der Waals surface area contributed by atoms with Gasteiger partial charge in [-0.05, 0) is 12.8 Å². The van der Waals surface area contributed by atoms with E-state index in [1.807, 2.05) is 0 Å². The molecular formula is C8H10O3. The number of terminal acetylenes is 1. The zero-order valence-electron chi connectivity index (χ0n) is 6.08. The highest BCUT2D eigenvalue weighted by atomic mass is 16.4. The van der Waals surface area contributed by atoms with Crippen LogP contribution in [-0.4, -0.2) is 21.8 Å². The van der Waals surface area contributed by atoms with Gasteiger partial charge in [0.25, 0.3) is 0 Å². The van der Waals surface area contributed by atoms with Gasteiger partial charge in [0.2, 0.25) is 0 Å². The van der Waals surface area contributed by atoms with Gasteiger partial charge in [-0.1, -0.05) is 5.92 Å². The minimum atomic E-state index is -1.16. The van der Waals surface area contributed by atoms with Gasteiger partial charge in [0.1, 0.15) is 5.60 Å². The summed E-state index contributed by atoms with van der Waals surface area (Å²) in [5, 5.41) is 18.0. The molecule has 11 heavy (non-hydrogen) atoms. The lowest BCUT2D eigenvalue weighted by molar-refractivity contribution is -0.141. The zero-order chi connectivity index (χ0) is 8.48. The molecule has 1 aliphatic rings. The first-order valence-corrected chi connectivity index (χ1v) is 3.50. The fourth-order valence-corrected chi connectivity index (χ4v) is 1.37. The maximum absolute atomic E-state index is 10.4. The Morgan fingerprint density at radius 3 is 2.64 bits per heavy atom. The number of carbonyl (C=O) groups is 1. The van der Waals surface area contributed by atoms with Gasteiger partial charge in [-0.25, -0.2) is 0 Å². The highest BCUT2D eigenvalue weighted by molar-refractivity contribution is 5.70. The van der Waals surface area contributed by atoms with Crippen molar-refractivity contribution in [3.8, 4) is 12.3 Å². The number of aliphatic hydroxyl groups is 1. The number of rotatable bonds is 1. The summed E-state index contributed by atoms with van der Waals surface area (Å²) in [6.45, 7) is 0. The molecule has 0 aromatic carbocycles. The van der Waals surface area contributed by atoms with Crippen molar-refractivity contribution in [1.29, 1.82) is 0 Å². The van der Waals surface area contributed by atoms with Crippen molar-refractivity contribution in [3.63, 3.8) is 0 Å². The third kappa shape index (κ3) is 1.52.